The van der Waals surface area contributed by atoms with Crippen LogP contribution < -0.4 is 25.0 Å². The molecule has 10 heteroatoms. The number of ether oxygens (including phenoxy) is 2. The largest absolute Gasteiger partial charge is 0.497 e. The summed E-state index contributed by atoms with van der Waals surface area (Å²) in [5.41, 5.74) is -1.49. The molecule has 0 bridgehead atoms. The fourth-order valence-electron chi connectivity index (χ4n) is 4.95. The van der Waals surface area contributed by atoms with Crippen molar-refractivity contribution < 1.29 is 24.2 Å². The number of nitrogens with one attached hydrogen (secondary N) is 2. The quantitative estimate of drug-likeness (QED) is 0.423. The first-order chi connectivity index (χ1) is 17.3. The standard InChI is InChI=1S/C26H33BrN4O5/c1-17-6-4-12-30(16-17)13-5-11-28-24(32)26(34)20-14-18(27)7-9-21(20)29-25(33)31(26)22-10-8-19(35-2)15-23(22)36-3/h7-10,14-15,17,34H,4-6,11-13,16H2,1-3H3,(H,28,32)(H,29,33)/t17-,26+/m0/s1. The number of hydrogen-bond acceptors (Lipinski definition) is 6. The summed E-state index contributed by atoms with van der Waals surface area (Å²) in [4.78, 5) is 30.4. The molecular formula is C26H33BrN4O5. The number of benzene rings is 2. The molecule has 36 heavy (non-hydrogen) atoms. The van der Waals surface area contributed by atoms with E-state index in [9.17, 15) is 14.7 Å². The number of methoxy groups -OCH3 is 2. The third-order valence-electron chi connectivity index (χ3n) is 6.75. The third kappa shape index (κ3) is 5.16. The minimum atomic E-state index is -2.32. The Hall–Kier alpha value is -2.82. The molecule has 1 fully saturated rings. The van der Waals surface area contributed by atoms with E-state index < -0.39 is 17.7 Å². The maximum absolute atomic E-state index is 13.7. The van der Waals surface area contributed by atoms with Crippen molar-refractivity contribution in [2.24, 2.45) is 5.92 Å². The summed E-state index contributed by atoms with van der Waals surface area (Å²) in [5.74, 6) is 0.768. The Morgan fingerprint density at radius 3 is 2.78 bits per heavy atom. The highest BCUT2D eigenvalue weighted by atomic mass is 79.9. The highest BCUT2D eigenvalue weighted by Crippen LogP contribution is 2.44. The lowest BCUT2D eigenvalue weighted by Gasteiger charge is -2.43. The van der Waals surface area contributed by atoms with Gasteiger partial charge in [-0.1, -0.05) is 22.9 Å². The van der Waals surface area contributed by atoms with E-state index in [4.69, 9.17) is 9.47 Å². The van der Waals surface area contributed by atoms with Crippen molar-refractivity contribution in [2.45, 2.75) is 31.9 Å². The van der Waals surface area contributed by atoms with Gasteiger partial charge in [0.2, 0.25) is 0 Å². The molecule has 1 saturated heterocycles. The Kier molecular flexibility index (Phi) is 8.07. The predicted octanol–water partition coefficient (Wildman–Crippen LogP) is 3.90. The number of carbonyl (C=O) groups is 2. The molecule has 3 amide bonds. The van der Waals surface area contributed by atoms with E-state index in [0.29, 0.717) is 28.4 Å². The maximum Gasteiger partial charge on any atom is 0.329 e. The molecule has 2 aromatic rings. The fourth-order valence-corrected chi connectivity index (χ4v) is 5.31. The minimum Gasteiger partial charge on any atom is -0.497 e. The van der Waals surface area contributed by atoms with E-state index in [0.717, 1.165) is 31.0 Å². The number of nitrogens with zero attached hydrogens (tertiary/aromatic N) is 2. The number of aliphatic hydroxyl groups is 1. The van der Waals surface area contributed by atoms with E-state index in [2.05, 4.69) is 38.4 Å². The molecule has 0 unspecified atom stereocenters. The summed E-state index contributed by atoms with van der Waals surface area (Å²) < 4.78 is 11.4. The summed E-state index contributed by atoms with van der Waals surface area (Å²) in [6.45, 7) is 5.61. The van der Waals surface area contributed by atoms with Gasteiger partial charge in [-0.3, -0.25) is 4.79 Å². The molecule has 0 aliphatic carbocycles. The Labute approximate surface area is 219 Å². The Balaban J connectivity index is 1.63. The molecule has 2 atom stereocenters. The summed E-state index contributed by atoms with van der Waals surface area (Å²) in [5, 5.41) is 17.7. The number of hydrogen-bond donors (Lipinski definition) is 3. The lowest BCUT2D eigenvalue weighted by atomic mass is 9.94. The SMILES string of the molecule is COc1ccc(N2C(=O)Nc3ccc(Br)cc3[C@@]2(O)C(=O)NCCCN2CCC[C@H](C)C2)c(OC)c1. The molecule has 2 aromatic carbocycles. The fraction of sp³-hybridized carbons (Fsp3) is 0.462. The van der Waals surface area contributed by atoms with Crippen LogP contribution in [-0.4, -0.2) is 62.3 Å². The first kappa shape index (κ1) is 26.2. The van der Waals surface area contributed by atoms with Crippen molar-refractivity contribution in [2.75, 3.05) is 50.6 Å². The molecule has 2 heterocycles. The molecule has 0 radical (unpaired) electrons. The van der Waals surface area contributed by atoms with Crippen LogP contribution in [0.25, 0.3) is 0 Å². The molecule has 4 rings (SSSR count). The van der Waals surface area contributed by atoms with Gasteiger partial charge < -0.3 is 30.1 Å². The van der Waals surface area contributed by atoms with Crippen LogP contribution in [0.2, 0.25) is 0 Å². The van der Waals surface area contributed by atoms with E-state index in [1.807, 2.05) is 0 Å². The summed E-state index contributed by atoms with van der Waals surface area (Å²) in [6, 6.07) is 9.17. The van der Waals surface area contributed by atoms with Crippen LogP contribution in [0.3, 0.4) is 0 Å². The number of anilines is 2. The van der Waals surface area contributed by atoms with Crippen molar-refractivity contribution in [3.63, 3.8) is 0 Å². The van der Waals surface area contributed by atoms with Gasteiger partial charge in [-0.2, -0.15) is 0 Å². The number of urea groups is 1. The average Bonchev–Trinajstić information content (AvgIpc) is 2.87. The lowest BCUT2D eigenvalue weighted by Crippen LogP contribution is -2.62. The van der Waals surface area contributed by atoms with Gasteiger partial charge in [0, 0.05) is 29.2 Å². The third-order valence-corrected chi connectivity index (χ3v) is 7.24. The molecule has 0 saturated carbocycles. The van der Waals surface area contributed by atoms with Gasteiger partial charge in [0.05, 0.1) is 25.6 Å². The molecule has 194 valence electrons. The van der Waals surface area contributed by atoms with E-state index in [-0.39, 0.29) is 17.0 Å². The van der Waals surface area contributed by atoms with Crippen molar-refractivity contribution in [3.8, 4) is 11.5 Å². The van der Waals surface area contributed by atoms with Crippen molar-refractivity contribution in [3.05, 3.63) is 46.4 Å². The first-order valence-electron chi connectivity index (χ1n) is 12.1. The van der Waals surface area contributed by atoms with Gasteiger partial charge in [-0.25, -0.2) is 9.69 Å². The zero-order chi connectivity index (χ0) is 25.9. The number of amides is 3. The molecule has 9 nitrogen and oxygen atoms in total. The molecule has 3 N–H and O–H groups in total. The average molecular weight is 561 g/mol. The van der Waals surface area contributed by atoms with Crippen LogP contribution in [0.1, 0.15) is 31.7 Å². The molecule has 2 aliphatic heterocycles. The van der Waals surface area contributed by atoms with Crippen LogP contribution >= 0.6 is 15.9 Å². The van der Waals surface area contributed by atoms with Gasteiger partial charge in [-0.15, -0.1) is 0 Å². The van der Waals surface area contributed by atoms with Gasteiger partial charge in [0.25, 0.3) is 11.6 Å². The number of carbonyl (C=O) groups excluding carboxylic acids is 2. The van der Waals surface area contributed by atoms with Gasteiger partial charge in [0.1, 0.15) is 11.5 Å². The molecular weight excluding hydrogens is 528 g/mol. The maximum atomic E-state index is 13.7. The second kappa shape index (κ2) is 11.1. The molecule has 2 aliphatic rings. The van der Waals surface area contributed by atoms with Gasteiger partial charge in [-0.05, 0) is 68.6 Å². The molecule has 0 spiro atoms. The summed E-state index contributed by atoms with van der Waals surface area (Å²) in [7, 11) is 2.97. The summed E-state index contributed by atoms with van der Waals surface area (Å²) in [6.07, 6.45) is 3.17. The van der Waals surface area contributed by atoms with Crippen molar-refractivity contribution in [1.29, 1.82) is 0 Å². The monoisotopic (exact) mass is 560 g/mol. The summed E-state index contributed by atoms with van der Waals surface area (Å²) >= 11 is 3.42. The zero-order valence-corrected chi connectivity index (χ0v) is 22.4. The van der Waals surface area contributed by atoms with Crippen LogP contribution in [-0.2, 0) is 10.5 Å². The van der Waals surface area contributed by atoms with Crippen LogP contribution in [0, 0.1) is 5.92 Å². The topological polar surface area (TPSA) is 103 Å². The lowest BCUT2D eigenvalue weighted by molar-refractivity contribution is -0.140. The van der Waals surface area contributed by atoms with Gasteiger partial charge in [0.15, 0.2) is 0 Å². The highest BCUT2D eigenvalue weighted by molar-refractivity contribution is 9.10. The smallest absolute Gasteiger partial charge is 0.329 e. The number of piperidine rings is 1. The highest BCUT2D eigenvalue weighted by Gasteiger charge is 2.52. The number of halogens is 1. The van der Waals surface area contributed by atoms with E-state index in [1.165, 1.54) is 27.1 Å². The Morgan fingerprint density at radius 2 is 2.06 bits per heavy atom. The van der Waals surface area contributed by atoms with Gasteiger partial charge >= 0.3 is 6.03 Å². The second-order valence-corrected chi connectivity index (χ2v) is 10.2. The minimum absolute atomic E-state index is 0.223. The number of likely N-dealkylation sites (tertiary alicyclic amines) is 1. The van der Waals surface area contributed by atoms with Crippen molar-refractivity contribution in [1.82, 2.24) is 10.2 Å². The van der Waals surface area contributed by atoms with E-state index >= 15 is 0 Å². The number of rotatable bonds is 8. The van der Waals surface area contributed by atoms with E-state index in [1.54, 1.807) is 36.4 Å². The first-order valence-corrected chi connectivity index (χ1v) is 12.9. The zero-order valence-electron chi connectivity index (χ0n) is 20.8. The number of fused-ring (bicyclic) bond motifs is 1. The molecule has 0 aromatic heterocycles. The predicted molar refractivity (Wildman–Crippen MR) is 142 cm³/mol. The van der Waals surface area contributed by atoms with Crippen LogP contribution in [0.15, 0.2) is 40.9 Å². The van der Waals surface area contributed by atoms with Crippen molar-refractivity contribution >= 4 is 39.2 Å². The Morgan fingerprint density at radius 1 is 1.25 bits per heavy atom. The second-order valence-electron chi connectivity index (χ2n) is 9.32. The van der Waals surface area contributed by atoms with Crippen LogP contribution in [0.4, 0.5) is 16.2 Å². The normalized spacial score (nSPS) is 22.0. The Bertz CT molecular complexity index is 1130. The van der Waals surface area contributed by atoms with Crippen LogP contribution in [0.5, 0.6) is 11.5 Å².